The van der Waals surface area contributed by atoms with E-state index >= 15 is 0 Å². The third kappa shape index (κ3) is 4.68. The molecular weight excluding hydrogens is 390 g/mol. The summed E-state index contributed by atoms with van der Waals surface area (Å²) in [6, 6.07) is 10.8. The lowest BCUT2D eigenvalue weighted by molar-refractivity contribution is 0.107. The maximum absolute atomic E-state index is 12.0. The van der Waals surface area contributed by atoms with Crippen LogP contribution < -0.4 is 11.1 Å². The number of nitriles is 1. The first-order valence-corrected chi connectivity index (χ1v) is 11.0. The highest BCUT2D eigenvalue weighted by molar-refractivity contribution is 5.68. The van der Waals surface area contributed by atoms with E-state index in [9.17, 15) is 10.1 Å². The first-order chi connectivity index (χ1) is 14.7. The number of nitrogens with two attached hydrogens (primary N) is 1. The summed E-state index contributed by atoms with van der Waals surface area (Å²) < 4.78 is 7.24. The van der Waals surface area contributed by atoms with Gasteiger partial charge in [-0.15, -0.1) is 0 Å². The second-order valence-electron chi connectivity index (χ2n) is 10.1. The first kappa shape index (κ1) is 21.2. The number of nitrogens with zero attached hydrogens (tertiary/aromatic N) is 3. The van der Waals surface area contributed by atoms with Crippen molar-refractivity contribution in [1.82, 2.24) is 15.1 Å². The molecule has 164 valence electrons. The van der Waals surface area contributed by atoms with Gasteiger partial charge in [0.15, 0.2) is 0 Å². The molecule has 0 spiro atoms. The van der Waals surface area contributed by atoms with Crippen molar-refractivity contribution >= 4 is 11.9 Å². The number of rotatable bonds is 5. The molecule has 1 amide bonds. The Kier molecular flexibility index (Phi) is 5.42. The van der Waals surface area contributed by atoms with Crippen LogP contribution in [0.15, 0.2) is 24.3 Å². The minimum absolute atomic E-state index is 0.154. The van der Waals surface area contributed by atoms with Gasteiger partial charge in [0, 0.05) is 16.9 Å². The standard InChI is InChI=1S/C24H31N5O2/c1-23(2,3)27-22(30)31-15-24(10-11-24)14-29-21(26)19(13-25)20(28-29)18-9-8-16-6-4-5-7-17(16)12-18/h4-7,18H,8-12,14-15,26H2,1-3H3,(H,27,30). The molecular formula is C24H31N5O2. The zero-order valence-corrected chi connectivity index (χ0v) is 18.6. The fourth-order valence-corrected chi connectivity index (χ4v) is 4.35. The third-order valence-corrected chi connectivity index (χ3v) is 6.29. The molecule has 7 heteroatoms. The Morgan fingerprint density at radius 2 is 2.06 bits per heavy atom. The molecule has 0 bridgehead atoms. The highest BCUT2D eigenvalue weighted by Crippen LogP contribution is 2.48. The van der Waals surface area contributed by atoms with E-state index in [4.69, 9.17) is 15.6 Å². The summed E-state index contributed by atoms with van der Waals surface area (Å²) >= 11 is 0. The number of anilines is 1. The van der Waals surface area contributed by atoms with Gasteiger partial charge in [-0.25, -0.2) is 9.48 Å². The monoisotopic (exact) mass is 421 g/mol. The lowest BCUT2D eigenvalue weighted by Crippen LogP contribution is -2.41. The largest absolute Gasteiger partial charge is 0.449 e. The maximum atomic E-state index is 12.0. The summed E-state index contributed by atoms with van der Waals surface area (Å²) in [5.74, 6) is 0.610. The number of alkyl carbamates (subject to hydrolysis) is 1. The number of fused-ring (bicyclic) bond motifs is 1. The molecule has 31 heavy (non-hydrogen) atoms. The highest BCUT2D eigenvalue weighted by Gasteiger charge is 2.45. The van der Waals surface area contributed by atoms with Gasteiger partial charge in [-0.3, -0.25) is 0 Å². The quantitative estimate of drug-likeness (QED) is 0.761. The van der Waals surface area contributed by atoms with Gasteiger partial charge in [0.2, 0.25) is 0 Å². The Hall–Kier alpha value is -3.01. The van der Waals surface area contributed by atoms with Crippen molar-refractivity contribution in [3.63, 3.8) is 0 Å². The van der Waals surface area contributed by atoms with E-state index in [0.717, 1.165) is 37.8 Å². The van der Waals surface area contributed by atoms with Crippen LogP contribution >= 0.6 is 0 Å². The number of hydrogen-bond donors (Lipinski definition) is 2. The van der Waals surface area contributed by atoms with Crippen LogP contribution in [0, 0.1) is 16.7 Å². The van der Waals surface area contributed by atoms with E-state index < -0.39 is 6.09 Å². The van der Waals surface area contributed by atoms with Crippen molar-refractivity contribution < 1.29 is 9.53 Å². The first-order valence-electron chi connectivity index (χ1n) is 11.0. The number of aryl methyl sites for hydroxylation is 1. The highest BCUT2D eigenvalue weighted by atomic mass is 16.5. The fraction of sp³-hybridized carbons (Fsp3) is 0.542. The molecule has 1 aromatic heterocycles. The number of ether oxygens (including phenoxy) is 1. The van der Waals surface area contributed by atoms with Crippen molar-refractivity contribution in [1.29, 1.82) is 5.26 Å². The molecule has 1 aromatic carbocycles. The summed E-state index contributed by atoms with van der Waals surface area (Å²) in [7, 11) is 0. The third-order valence-electron chi connectivity index (χ3n) is 6.29. The van der Waals surface area contributed by atoms with Crippen LogP contribution in [0.5, 0.6) is 0 Å². The van der Waals surface area contributed by atoms with Crippen LogP contribution in [0.2, 0.25) is 0 Å². The van der Waals surface area contributed by atoms with Crippen LogP contribution in [-0.2, 0) is 24.1 Å². The molecule has 0 saturated heterocycles. The van der Waals surface area contributed by atoms with Crippen LogP contribution in [-0.4, -0.2) is 28.0 Å². The van der Waals surface area contributed by atoms with E-state index in [-0.39, 0.29) is 16.9 Å². The Bertz CT molecular complexity index is 1020. The Morgan fingerprint density at radius 1 is 1.35 bits per heavy atom. The summed E-state index contributed by atoms with van der Waals surface area (Å²) in [6.45, 7) is 6.63. The van der Waals surface area contributed by atoms with Crippen molar-refractivity contribution in [2.75, 3.05) is 12.3 Å². The SMILES string of the molecule is CC(C)(C)NC(=O)OCC1(Cn2nc(C3CCc4ccccc4C3)c(C#N)c2N)CC1. The van der Waals surface area contributed by atoms with E-state index in [1.54, 1.807) is 4.68 Å². The molecule has 3 N–H and O–H groups in total. The second-order valence-corrected chi connectivity index (χ2v) is 10.1. The molecule has 2 aromatic rings. The van der Waals surface area contributed by atoms with Gasteiger partial charge < -0.3 is 15.8 Å². The molecule has 1 heterocycles. The summed E-state index contributed by atoms with van der Waals surface area (Å²) in [5, 5.41) is 17.4. The molecule has 4 rings (SSSR count). The zero-order valence-electron chi connectivity index (χ0n) is 18.6. The van der Waals surface area contributed by atoms with Crippen LogP contribution in [0.3, 0.4) is 0 Å². The number of benzene rings is 1. The average Bonchev–Trinajstić information content (AvgIpc) is 3.42. The topological polar surface area (TPSA) is 106 Å². The molecule has 7 nitrogen and oxygen atoms in total. The number of hydrogen-bond acceptors (Lipinski definition) is 5. The minimum Gasteiger partial charge on any atom is -0.449 e. The Morgan fingerprint density at radius 3 is 2.71 bits per heavy atom. The van der Waals surface area contributed by atoms with E-state index in [2.05, 4.69) is 35.7 Å². The number of amides is 1. The summed E-state index contributed by atoms with van der Waals surface area (Å²) in [4.78, 5) is 12.0. The smallest absolute Gasteiger partial charge is 0.407 e. The van der Waals surface area contributed by atoms with Gasteiger partial charge in [0.1, 0.15) is 24.1 Å². The zero-order chi connectivity index (χ0) is 22.2. The molecule has 0 aliphatic heterocycles. The van der Waals surface area contributed by atoms with Gasteiger partial charge in [0.05, 0.1) is 12.2 Å². The minimum atomic E-state index is -0.411. The van der Waals surface area contributed by atoms with Gasteiger partial charge in [0.25, 0.3) is 0 Å². The predicted octanol–water partition coefficient (Wildman–Crippen LogP) is 3.91. The molecule has 0 radical (unpaired) electrons. The lowest BCUT2D eigenvalue weighted by Gasteiger charge is -2.23. The molecule has 1 atom stereocenters. The van der Waals surface area contributed by atoms with E-state index in [1.165, 1.54) is 11.1 Å². The van der Waals surface area contributed by atoms with Crippen LogP contribution in [0.1, 0.15) is 68.3 Å². The number of carbonyl (C=O) groups is 1. The average molecular weight is 422 g/mol. The second kappa shape index (κ2) is 7.92. The lowest BCUT2D eigenvalue weighted by atomic mass is 9.81. The normalized spacial score (nSPS) is 19.2. The number of carbonyl (C=O) groups excluding carboxylic acids is 1. The van der Waals surface area contributed by atoms with Crippen molar-refractivity contribution in [2.45, 2.75) is 70.9 Å². The summed E-state index contributed by atoms with van der Waals surface area (Å²) in [5.41, 5.74) is 9.86. The van der Waals surface area contributed by atoms with E-state index in [1.807, 2.05) is 20.8 Å². The van der Waals surface area contributed by atoms with Gasteiger partial charge in [-0.05, 0) is 64.0 Å². The summed E-state index contributed by atoms with van der Waals surface area (Å²) in [6.07, 6.45) is 4.31. The van der Waals surface area contributed by atoms with Crippen molar-refractivity contribution in [3.05, 3.63) is 46.6 Å². The molecule has 1 unspecified atom stereocenters. The molecule has 1 fully saturated rings. The maximum Gasteiger partial charge on any atom is 0.407 e. The Balaban J connectivity index is 1.47. The molecule has 1 saturated carbocycles. The number of nitrogens with one attached hydrogen (secondary N) is 1. The van der Waals surface area contributed by atoms with Crippen LogP contribution in [0.25, 0.3) is 0 Å². The van der Waals surface area contributed by atoms with Crippen molar-refractivity contribution in [2.24, 2.45) is 5.41 Å². The van der Waals surface area contributed by atoms with Crippen molar-refractivity contribution in [3.8, 4) is 6.07 Å². The van der Waals surface area contributed by atoms with E-state index in [0.29, 0.717) is 24.5 Å². The molecule has 2 aliphatic carbocycles. The van der Waals surface area contributed by atoms with Crippen LogP contribution in [0.4, 0.5) is 10.6 Å². The predicted molar refractivity (Wildman–Crippen MR) is 118 cm³/mol. The number of nitrogen functional groups attached to an aromatic ring is 1. The van der Waals surface area contributed by atoms with Gasteiger partial charge >= 0.3 is 6.09 Å². The number of aromatic nitrogens is 2. The fourth-order valence-electron chi connectivity index (χ4n) is 4.35. The Labute approximate surface area is 183 Å². The van der Waals surface area contributed by atoms with Gasteiger partial charge in [-0.1, -0.05) is 24.3 Å². The molecule has 2 aliphatic rings. The van der Waals surface area contributed by atoms with Gasteiger partial charge in [-0.2, -0.15) is 10.4 Å².